The van der Waals surface area contributed by atoms with Gasteiger partial charge in [0.15, 0.2) is 0 Å². The lowest BCUT2D eigenvalue weighted by molar-refractivity contribution is -0.0435. The van der Waals surface area contributed by atoms with Crippen LogP contribution in [0.2, 0.25) is 0 Å². The monoisotopic (exact) mass is 354 g/mol. The number of H-pyrrole nitrogens is 1. The van der Waals surface area contributed by atoms with Gasteiger partial charge in [0.05, 0.1) is 15.8 Å². The molecule has 0 fully saturated rings. The molecule has 0 unspecified atom stereocenters. The number of nitrogens with one attached hydrogen (secondary N) is 1. The number of halogens is 3. The highest BCUT2D eigenvalue weighted by molar-refractivity contribution is 7.92. The fourth-order valence-electron chi connectivity index (χ4n) is 2.17. The van der Waals surface area contributed by atoms with Crippen molar-refractivity contribution in [2.45, 2.75) is 10.4 Å². The van der Waals surface area contributed by atoms with Gasteiger partial charge >= 0.3 is 5.51 Å². The summed E-state index contributed by atoms with van der Waals surface area (Å²) in [6.45, 7) is 0. The molecule has 1 aromatic heterocycles. The zero-order chi connectivity index (χ0) is 17.5. The Morgan fingerprint density at radius 1 is 1.00 bits per heavy atom. The van der Waals surface area contributed by atoms with Gasteiger partial charge in [-0.25, -0.2) is 13.4 Å². The zero-order valence-corrected chi connectivity index (χ0v) is 12.6. The van der Waals surface area contributed by atoms with E-state index < -0.39 is 25.8 Å². The first-order valence-corrected chi connectivity index (χ1v) is 8.09. The van der Waals surface area contributed by atoms with E-state index in [4.69, 9.17) is 0 Å². The Balaban J connectivity index is 2.19. The second kappa shape index (κ2) is 5.45. The van der Waals surface area contributed by atoms with Crippen LogP contribution in [-0.4, -0.2) is 23.9 Å². The fourth-order valence-corrected chi connectivity index (χ4v) is 2.97. The molecule has 2 aromatic carbocycles. The summed E-state index contributed by atoms with van der Waals surface area (Å²) in [6.07, 6.45) is 0. The van der Waals surface area contributed by atoms with Gasteiger partial charge in [0.2, 0.25) is 0 Å². The van der Waals surface area contributed by atoms with E-state index in [9.17, 15) is 26.4 Å². The molecule has 3 aromatic rings. The van der Waals surface area contributed by atoms with Gasteiger partial charge in [-0.05, 0) is 24.3 Å². The number of benzene rings is 2. The van der Waals surface area contributed by atoms with Crippen molar-refractivity contribution in [2.24, 2.45) is 0 Å². The molecule has 5 nitrogen and oxygen atoms in total. The third kappa shape index (κ3) is 2.67. The summed E-state index contributed by atoms with van der Waals surface area (Å²) >= 11 is 0. The van der Waals surface area contributed by atoms with E-state index in [0.29, 0.717) is 10.9 Å². The van der Waals surface area contributed by atoms with Crippen LogP contribution in [0.25, 0.3) is 22.3 Å². The highest BCUT2D eigenvalue weighted by Gasteiger charge is 2.46. The minimum Gasteiger partial charge on any atom is -0.306 e. The molecular weight excluding hydrogens is 345 g/mol. The molecule has 9 heteroatoms. The second-order valence-electron chi connectivity index (χ2n) is 4.91. The maximum Gasteiger partial charge on any atom is 0.501 e. The van der Waals surface area contributed by atoms with Crippen molar-refractivity contribution >= 4 is 20.7 Å². The van der Waals surface area contributed by atoms with E-state index in [1.807, 2.05) is 0 Å². The smallest absolute Gasteiger partial charge is 0.306 e. The Bertz CT molecular complexity index is 1090. The van der Waals surface area contributed by atoms with Gasteiger partial charge in [-0.3, -0.25) is 4.79 Å². The third-order valence-corrected chi connectivity index (χ3v) is 4.82. The van der Waals surface area contributed by atoms with Crippen LogP contribution in [0.1, 0.15) is 0 Å². The summed E-state index contributed by atoms with van der Waals surface area (Å²) in [5.41, 5.74) is -5.47. The van der Waals surface area contributed by atoms with E-state index >= 15 is 0 Å². The molecule has 0 aliphatic rings. The van der Waals surface area contributed by atoms with Crippen molar-refractivity contribution in [2.75, 3.05) is 0 Å². The lowest BCUT2D eigenvalue weighted by Gasteiger charge is -2.09. The molecular formula is C15H9F3N2O3S. The van der Waals surface area contributed by atoms with Gasteiger partial charge in [0.25, 0.3) is 15.4 Å². The van der Waals surface area contributed by atoms with Crippen molar-refractivity contribution in [1.82, 2.24) is 9.97 Å². The first-order chi connectivity index (χ1) is 11.2. The highest BCUT2D eigenvalue weighted by Crippen LogP contribution is 2.31. The highest BCUT2D eigenvalue weighted by atomic mass is 32.2. The summed E-state index contributed by atoms with van der Waals surface area (Å²) < 4.78 is 61.0. The van der Waals surface area contributed by atoms with Crippen molar-refractivity contribution in [3.8, 4) is 11.4 Å². The van der Waals surface area contributed by atoms with Gasteiger partial charge in [-0.15, -0.1) is 0 Å². The van der Waals surface area contributed by atoms with Crippen molar-refractivity contribution in [1.29, 1.82) is 0 Å². The van der Waals surface area contributed by atoms with Gasteiger partial charge in [0.1, 0.15) is 5.82 Å². The van der Waals surface area contributed by atoms with E-state index in [1.54, 1.807) is 24.3 Å². The molecule has 124 valence electrons. The van der Waals surface area contributed by atoms with Crippen LogP contribution in [0.3, 0.4) is 0 Å². The number of nitrogens with zero attached hydrogens (tertiary/aromatic N) is 1. The molecule has 0 aliphatic heterocycles. The minimum atomic E-state index is -5.48. The quantitative estimate of drug-likeness (QED) is 0.767. The molecule has 24 heavy (non-hydrogen) atoms. The SMILES string of the molecule is O=c1[nH]c(-c2cccc(S(=O)(=O)C(F)(F)F)c2)nc2ccccc12. The van der Waals surface area contributed by atoms with E-state index in [-0.39, 0.29) is 11.4 Å². The molecule has 1 N–H and O–H groups in total. The molecule has 0 atom stereocenters. The molecule has 0 aliphatic carbocycles. The average Bonchev–Trinajstić information content (AvgIpc) is 2.54. The molecule has 0 amide bonds. The van der Waals surface area contributed by atoms with Crippen LogP contribution in [-0.2, 0) is 9.84 Å². The number of para-hydroxylation sites is 1. The van der Waals surface area contributed by atoms with Gasteiger partial charge in [0, 0.05) is 5.56 Å². The molecule has 0 saturated carbocycles. The first kappa shape index (κ1) is 16.2. The van der Waals surface area contributed by atoms with Crippen molar-refractivity contribution in [3.05, 3.63) is 58.9 Å². The van der Waals surface area contributed by atoms with Crippen LogP contribution in [0.15, 0.2) is 58.2 Å². The standard InChI is InChI=1S/C15H9F3N2O3S/c16-15(17,18)24(22,23)10-5-3-4-9(8-10)13-19-12-7-2-1-6-11(12)14(21)20-13/h1-8H,(H,19,20,21). The number of rotatable bonds is 2. The predicted octanol–water partition coefficient (Wildman–Crippen LogP) is 2.88. The Labute approximate surface area is 133 Å². The molecule has 0 spiro atoms. The van der Waals surface area contributed by atoms with Gasteiger partial charge < -0.3 is 4.98 Å². The fraction of sp³-hybridized carbons (Fsp3) is 0.0667. The van der Waals surface area contributed by atoms with Gasteiger partial charge in [-0.2, -0.15) is 13.2 Å². The average molecular weight is 354 g/mol. The normalized spacial score (nSPS) is 12.5. The predicted molar refractivity (Wildman–Crippen MR) is 81.0 cm³/mol. The number of alkyl halides is 3. The summed E-state index contributed by atoms with van der Waals surface area (Å²) in [5.74, 6) is -0.0158. The largest absolute Gasteiger partial charge is 0.501 e. The number of sulfone groups is 1. The number of aromatic amines is 1. The zero-order valence-electron chi connectivity index (χ0n) is 11.8. The van der Waals surface area contributed by atoms with Crippen LogP contribution in [0, 0.1) is 0 Å². The van der Waals surface area contributed by atoms with Crippen molar-refractivity contribution in [3.63, 3.8) is 0 Å². The Morgan fingerprint density at radius 3 is 2.42 bits per heavy atom. The maximum absolute atomic E-state index is 12.7. The molecule has 0 radical (unpaired) electrons. The topological polar surface area (TPSA) is 79.9 Å². The minimum absolute atomic E-state index is 0.0158. The molecule has 1 heterocycles. The molecule has 0 saturated heterocycles. The van der Waals surface area contributed by atoms with Crippen molar-refractivity contribution < 1.29 is 21.6 Å². The number of hydrogen-bond acceptors (Lipinski definition) is 4. The molecule has 0 bridgehead atoms. The number of aromatic nitrogens is 2. The van der Waals surface area contributed by atoms with Crippen LogP contribution >= 0.6 is 0 Å². The maximum atomic E-state index is 12.7. The molecule has 3 rings (SSSR count). The lowest BCUT2D eigenvalue weighted by Crippen LogP contribution is -2.23. The Morgan fingerprint density at radius 2 is 1.71 bits per heavy atom. The van der Waals surface area contributed by atoms with Crippen LogP contribution < -0.4 is 5.56 Å². The third-order valence-electron chi connectivity index (χ3n) is 3.34. The summed E-state index contributed by atoms with van der Waals surface area (Å²) in [7, 11) is -5.48. The Kier molecular flexibility index (Phi) is 3.67. The summed E-state index contributed by atoms with van der Waals surface area (Å²) in [4.78, 5) is 17.7. The van der Waals surface area contributed by atoms with E-state index in [1.165, 1.54) is 6.07 Å². The number of hydrogen-bond donors (Lipinski definition) is 1. The van der Waals surface area contributed by atoms with E-state index in [2.05, 4.69) is 9.97 Å². The number of fused-ring (bicyclic) bond motifs is 1. The lowest BCUT2D eigenvalue weighted by atomic mass is 10.2. The van der Waals surface area contributed by atoms with Crippen LogP contribution in [0.5, 0.6) is 0 Å². The first-order valence-electron chi connectivity index (χ1n) is 6.61. The van der Waals surface area contributed by atoms with Crippen LogP contribution in [0.4, 0.5) is 13.2 Å². The van der Waals surface area contributed by atoms with E-state index in [0.717, 1.165) is 18.2 Å². The van der Waals surface area contributed by atoms with Gasteiger partial charge in [-0.1, -0.05) is 24.3 Å². The summed E-state index contributed by atoms with van der Waals surface area (Å²) in [6, 6.07) is 10.6. The summed E-state index contributed by atoms with van der Waals surface area (Å²) in [5, 5.41) is 0.320. The second-order valence-corrected chi connectivity index (χ2v) is 6.85. The Hall–Kier alpha value is -2.68.